The Kier molecular flexibility index (Phi) is 5.23. The number of hydrogen-bond acceptors (Lipinski definition) is 3. The Labute approximate surface area is 130 Å². The highest BCUT2D eigenvalue weighted by atomic mass is 16.5. The highest BCUT2D eigenvalue weighted by Crippen LogP contribution is 2.36. The molecule has 0 aromatic rings. The SMILES string of the molecule is CC(C)CCN(CC1(CNC2CC2)CCOCC1)C1CC1. The first-order valence-electron chi connectivity index (χ1n) is 9.22. The summed E-state index contributed by atoms with van der Waals surface area (Å²) >= 11 is 0. The zero-order chi connectivity index (χ0) is 14.7. The van der Waals surface area contributed by atoms with Crippen LogP contribution in [0.1, 0.15) is 58.8 Å². The van der Waals surface area contributed by atoms with Crippen molar-refractivity contribution in [1.29, 1.82) is 0 Å². The molecule has 0 aromatic carbocycles. The van der Waals surface area contributed by atoms with Crippen molar-refractivity contribution in [3.05, 3.63) is 0 Å². The van der Waals surface area contributed by atoms with Gasteiger partial charge < -0.3 is 10.1 Å². The minimum Gasteiger partial charge on any atom is -0.381 e. The summed E-state index contributed by atoms with van der Waals surface area (Å²) in [6.07, 6.45) is 9.49. The molecule has 0 bridgehead atoms. The summed E-state index contributed by atoms with van der Waals surface area (Å²) in [4.78, 5) is 2.82. The lowest BCUT2D eigenvalue weighted by molar-refractivity contribution is -0.00669. The first-order chi connectivity index (χ1) is 10.2. The van der Waals surface area contributed by atoms with Crippen LogP contribution in [-0.2, 0) is 4.74 Å². The molecular formula is C18H34N2O. The zero-order valence-corrected chi connectivity index (χ0v) is 14.1. The normalized spacial score (nSPS) is 25.7. The fourth-order valence-electron chi connectivity index (χ4n) is 3.53. The summed E-state index contributed by atoms with van der Waals surface area (Å²) in [5.41, 5.74) is 0.473. The van der Waals surface area contributed by atoms with Gasteiger partial charge in [0.2, 0.25) is 0 Å². The quantitative estimate of drug-likeness (QED) is 0.707. The van der Waals surface area contributed by atoms with Crippen LogP contribution in [0.25, 0.3) is 0 Å². The third-order valence-electron chi connectivity index (χ3n) is 5.49. The molecule has 3 nitrogen and oxygen atoms in total. The van der Waals surface area contributed by atoms with Gasteiger partial charge in [0.25, 0.3) is 0 Å². The van der Waals surface area contributed by atoms with E-state index in [-0.39, 0.29) is 0 Å². The number of nitrogens with zero attached hydrogens (tertiary/aromatic N) is 1. The number of hydrogen-bond donors (Lipinski definition) is 1. The van der Waals surface area contributed by atoms with Crippen LogP contribution in [-0.4, -0.2) is 49.8 Å². The Morgan fingerprint density at radius 2 is 1.86 bits per heavy atom. The largest absolute Gasteiger partial charge is 0.381 e. The monoisotopic (exact) mass is 294 g/mol. The van der Waals surface area contributed by atoms with E-state index in [1.165, 1.54) is 64.6 Å². The Bertz CT molecular complexity index is 317. The van der Waals surface area contributed by atoms with E-state index in [9.17, 15) is 0 Å². The highest BCUT2D eigenvalue weighted by molar-refractivity contribution is 4.94. The maximum Gasteiger partial charge on any atom is 0.0472 e. The van der Waals surface area contributed by atoms with Crippen molar-refractivity contribution < 1.29 is 4.74 Å². The molecule has 1 aliphatic heterocycles. The van der Waals surface area contributed by atoms with Crippen molar-refractivity contribution in [2.75, 3.05) is 32.8 Å². The van der Waals surface area contributed by atoms with Gasteiger partial charge in [-0.3, -0.25) is 4.90 Å². The second-order valence-corrected chi connectivity index (χ2v) is 8.15. The molecule has 1 heterocycles. The van der Waals surface area contributed by atoms with E-state index in [1.54, 1.807) is 0 Å². The van der Waals surface area contributed by atoms with Crippen LogP contribution in [0, 0.1) is 11.3 Å². The molecule has 0 unspecified atom stereocenters. The molecule has 3 rings (SSSR count). The van der Waals surface area contributed by atoms with Crippen molar-refractivity contribution in [3.63, 3.8) is 0 Å². The van der Waals surface area contributed by atoms with Crippen molar-refractivity contribution in [2.24, 2.45) is 11.3 Å². The van der Waals surface area contributed by atoms with Gasteiger partial charge in [0, 0.05) is 38.4 Å². The molecule has 2 saturated carbocycles. The average molecular weight is 294 g/mol. The molecule has 0 amide bonds. The summed E-state index contributed by atoms with van der Waals surface area (Å²) in [5.74, 6) is 0.821. The number of ether oxygens (including phenoxy) is 1. The molecule has 3 heteroatoms. The standard InChI is InChI=1S/C18H34N2O/c1-15(2)7-10-20(17-5-6-17)14-18(8-11-21-12-9-18)13-19-16-3-4-16/h15-17,19H,3-14H2,1-2H3. The van der Waals surface area contributed by atoms with Crippen LogP contribution in [0.5, 0.6) is 0 Å². The van der Waals surface area contributed by atoms with E-state index < -0.39 is 0 Å². The van der Waals surface area contributed by atoms with Gasteiger partial charge in [-0.2, -0.15) is 0 Å². The molecule has 0 aromatic heterocycles. The predicted molar refractivity (Wildman–Crippen MR) is 87.6 cm³/mol. The summed E-state index contributed by atoms with van der Waals surface area (Å²) in [5, 5.41) is 3.81. The van der Waals surface area contributed by atoms with Gasteiger partial charge in [0.1, 0.15) is 0 Å². The van der Waals surface area contributed by atoms with E-state index in [2.05, 4.69) is 24.1 Å². The van der Waals surface area contributed by atoms with Gasteiger partial charge in [0.15, 0.2) is 0 Å². The second kappa shape index (κ2) is 6.97. The van der Waals surface area contributed by atoms with Crippen molar-refractivity contribution in [3.8, 4) is 0 Å². The Balaban J connectivity index is 1.57. The van der Waals surface area contributed by atoms with E-state index in [0.29, 0.717) is 5.41 Å². The van der Waals surface area contributed by atoms with Crippen LogP contribution in [0.3, 0.4) is 0 Å². The Morgan fingerprint density at radius 1 is 1.14 bits per heavy atom. The minimum absolute atomic E-state index is 0.473. The molecule has 2 aliphatic carbocycles. The summed E-state index contributed by atoms with van der Waals surface area (Å²) < 4.78 is 5.66. The maximum atomic E-state index is 5.66. The first kappa shape index (κ1) is 15.8. The number of rotatable bonds is 9. The van der Waals surface area contributed by atoms with Crippen LogP contribution >= 0.6 is 0 Å². The minimum atomic E-state index is 0.473. The smallest absolute Gasteiger partial charge is 0.0472 e. The van der Waals surface area contributed by atoms with Gasteiger partial charge in [-0.1, -0.05) is 13.8 Å². The third-order valence-corrected chi connectivity index (χ3v) is 5.49. The van der Waals surface area contributed by atoms with Crippen molar-refractivity contribution in [1.82, 2.24) is 10.2 Å². The lowest BCUT2D eigenvalue weighted by Gasteiger charge is -2.42. The Hall–Kier alpha value is -0.120. The zero-order valence-electron chi connectivity index (χ0n) is 14.1. The van der Waals surface area contributed by atoms with Crippen LogP contribution in [0.2, 0.25) is 0 Å². The molecule has 122 valence electrons. The van der Waals surface area contributed by atoms with Crippen molar-refractivity contribution in [2.45, 2.75) is 70.9 Å². The van der Waals surface area contributed by atoms with E-state index in [1.807, 2.05) is 0 Å². The highest BCUT2D eigenvalue weighted by Gasteiger charge is 2.39. The molecule has 0 spiro atoms. The van der Waals surface area contributed by atoms with E-state index in [0.717, 1.165) is 31.2 Å². The fourth-order valence-corrected chi connectivity index (χ4v) is 3.53. The maximum absolute atomic E-state index is 5.66. The summed E-state index contributed by atoms with van der Waals surface area (Å²) in [6.45, 7) is 10.5. The first-order valence-corrected chi connectivity index (χ1v) is 9.22. The van der Waals surface area contributed by atoms with Gasteiger partial charge in [-0.05, 0) is 62.8 Å². The van der Waals surface area contributed by atoms with Gasteiger partial charge in [-0.25, -0.2) is 0 Å². The molecule has 1 N–H and O–H groups in total. The molecule has 21 heavy (non-hydrogen) atoms. The van der Waals surface area contributed by atoms with E-state index in [4.69, 9.17) is 4.74 Å². The molecule has 3 aliphatic rings. The van der Waals surface area contributed by atoms with Crippen molar-refractivity contribution >= 4 is 0 Å². The Morgan fingerprint density at radius 3 is 2.43 bits per heavy atom. The molecule has 1 saturated heterocycles. The summed E-state index contributed by atoms with van der Waals surface area (Å²) in [6, 6.07) is 1.72. The van der Waals surface area contributed by atoms with Gasteiger partial charge >= 0.3 is 0 Å². The molecular weight excluding hydrogens is 260 g/mol. The summed E-state index contributed by atoms with van der Waals surface area (Å²) in [7, 11) is 0. The molecule has 0 radical (unpaired) electrons. The fraction of sp³-hybridized carbons (Fsp3) is 1.00. The number of nitrogens with one attached hydrogen (secondary N) is 1. The van der Waals surface area contributed by atoms with Gasteiger partial charge in [0.05, 0.1) is 0 Å². The predicted octanol–water partition coefficient (Wildman–Crippen LogP) is 3.05. The van der Waals surface area contributed by atoms with Crippen LogP contribution in [0.4, 0.5) is 0 Å². The van der Waals surface area contributed by atoms with Crippen LogP contribution < -0.4 is 5.32 Å². The van der Waals surface area contributed by atoms with Gasteiger partial charge in [-0.15, -0.1) is 0 Å². The lowest BCUT2D eigenvalue weighted by atomic mass is 9.79. The topological polar surface area (TPSA) is 24.5 Å². The third kappa shape index (κ3) is 4.94. The van der Waals surface area contributed by atoms with E-state index >= 15 is 0 Å². The lowest BCUT2D eigenvalue weighted by Crippen LogP contribution is -2.48. The average Bonchev–Trinajstić information content (AvgIpc) is 3.36. The van der Waals surface area contributed by atoms with Crippen LogP contribution in [0.15, 0.2) is 0 Å². The second-order valence-electron chi connectivity index (χ2n) is 8.15. The molecule has 0 atom stereocenters. The molecule has 3 fully saturated rings.